The standard InChI is InChI=1S/C20H19BrN2OS/c1-19(14-5-3-2-4-6-14)10-9-13-7-8-15(21)11-16(13)20(12-19)17(24)22-18(25)23-20/h2-8,11H,9-10,12H2,1H3,(H2,22,23,24,25). The number of carbonyl (C=O) groups excluding carboxylic acids is 1. The molecule has 2 aromatic carbocycles. The molecular formula is C20H19BrN2OS. The van der Waals surface area contributed by atoms with Gasteiger partial charge in [-0.3, -0.25) is 4.79 Å². The molecule has 1 saturated heterocycles. The highest BCUT2D eigenvalue weighted by atomic mass is 79.9. The lowest BCUT2D eigenvalue weighted by Gasteiger charge is -2.36. The molecule has 2 unspecified atom stereocenters. The Kier molecular flexibility index (Phi) is 3.96. The Balaban J connectivity index is 1.91. The van der Waals surface area contributed by atoms with Crippen LogP contribution in [0.2, 0.25) is 0 Å². The number of rotatable bonds is 1. The van der Waals surface area contributed by atoms with E-state index in [0.29, 0.717) is 11.5 Å². The summed E-state index contributed by atoms with van der Waals surface area (Å²) in [4.78, 5) is 13.0. The molecule has 2 aromatic rings. The second kappa shape index (κ2) is 5.92. The minimum Gasteiger partial charge on any atom is -0.344 e. The largest absolute Gasteiger partial charge is 0.344 e. The van der Waals surface area contributed by atoms with Crippen LogP contribution in [0.3, 0.4) is 0 Å². The van der Waals surface area contributed by atoms with Crippen molar-refractivity contribution in [2.45, 2.75) is 37.1 Å². The van der Waals surface area contributed by atoms with E-state index >= 15 is 0 Å². The molecule has 0 radical (unpaired) electrons. The predicted octanol–water partition coefficient (Wildman–Crippen LogP) is 3.94. The predicted molar refractivity (Wildman–Crippen MR) is 106 cm³/mol. The van der Waals surface area contributed by atoms with E-state index in [1.807, 2.05) is 12.1 Å². The van der Waals surface area contributed by atoms with Gasteiger partial charge in [0.15, 0.2) is 5.11 Å². The molecule has 5 heteroatoms. The van der Waals surface area contributed by atoms with Gasteiger partial charge in [0.1, 0.15) is 5.54 Å². The number of hydrogen-bond donors (Lipinski definition) is 2. The van der Waals surface area contributed by atoms with Crippen LogP contribution in [0, 0.1) is 0 Å². The Labute approximate surface area is 161 Å². The number of amides is 1. The van der Waals surface area contributed by atoms with Crippen molar-refractivity contribution in [2.24, 2.45) is 0 Å². The van der Waals surface area contributed by atoms with Crippen molar-refractivity contribution >= 4 is 39.2 Å². The molecule has 0 aromatic heterocycles. The first kappa shape index (κ1) is 16.7. The van der Waals surface area contributed by atoms with Gasteiger partial charge in [0.2, 0.25) is 0 Å². The lowest BCUT2D eigenvalue weighted by atomic mass is 9.70. The summed E-state index contributed by atoms with van der Waals surface area (Å²) in [5, 5.41) is 6.55. The van der Waals surface area contributed by atoms with E-state index in [1.54, 1.807) is 0 Å². The first-order chi connectivity index (χ1) is 11.9. The third-order valence-corrected chi connectivity index (χ3v) is 6.24. The second-order valence-corrected chi connectivity index (χ2v) is 8.54. The third kappa shape index (κ3) is 2.70. The number of fused-ring (bicyclic) bond motifs is 2. The number of carbonyl (C=O) groups is 1. The number of nitrogens with one attached hydrogen (secondary N) is 2. The summed E-state index contributed by atoms with van der Waals surface area (Å²) < 4.78 is 0.973. The second-order valence-electron chi connectivity index (χ2n) is 7.22. The van der Waals surface area contributed by atoms with E-state index in [2.05, 4.69) is 69.9 Å². The van der Waals surface area contributed by atoms with E-state index in [0.717, 1.165) is 22.9 Å². The summed E-state index contributed by atoms with van der Waals surface area (Å²) in [6.07, 6.45) is 2.58. The van der Waals surface area contributed by atoms with Gasteiger partial charge >= 0.3 is 0 Å². The summed E-state index contributed by atoms with van der Waals surface area (Å²) in [6.45, 7) is 2.25. The van der Waals surface area contributed by atoms with Crippen LogP contribution in [0.25, 0.3) is 0 Å². The summed E-state index contributed by atoms with van der Waals surface area (Å²) in [5.41, 5.74) is 2.54. The number of aryl methyl sites for hydroxylation is 1. The zero-order valence-corrected chi connectivity index (χ0v) is 16.3. The number of thiocarbonyl (C=S) groups is 1. The maximum absolute atomic E-state index is 13.0. The average Bonchev–Trinajstić information content (AvgIpc) is 2.80. The Bertz CT molecular complexity index is 869. The quantitative estimate of drug-likeness (QED) is 0.694. The Morgan fingerprint density at radius 3 is 2.60 bits per heavy atom. The zero-order valence-electron chi connectivity index (χ0n) is 13.9. The first-order valence-electron chi connectivity index (χ1n) is 8.41. The van der Waals surface area contributed by atoms with Gasteiger partial charge < -0.3 is 10.6 Å². The molecule has 2 atom stereocenters. The molecule has 0 saturated carbocycles. The van der Waals surface area contributed by atoms with E-state index in [1.165, 1.54) is 11.1 Å². The van der Waals surface area contributed by atoms with Crippen LogP contribution in [-0.4, -0.2) is 11.0 Å². The van der Waals surface area contributed by atoms with Gasteiger partial charge in [-0.25, -0.2) is 0 Å². The Hall–Kier alpha value is -1.72. The molecule has 2 aliphatic rings. The monoisotopic (exact) mass is 414 g/mol. The van der Waals surface area contributed by atoms with Crippen molar-refractivity contribution in [2.75, 3.05) is 0 Å². The van der Waals surface area contributed by atoms with Crippen molar-refractivity contribution in [3.05, 3.63) is 69.7 Å². The van der Waals surface area contributed by atoms with Crippen molar-refractivity contribution in [3.63, 3.8) is 0 Å². The molecule has 1 amide bonds. The first-order valence-corrected chi connectivity index (χ1v) is 9.61. The third-order valence-electron chi connectivity index (χ3n) is 5.55. The Morgan fingerprint density at radius 2 is 1.92 bits per heavy atom. The number of benzene rings is 2. The molecule has 1 aliphatic heterocycles. The smallest absolute Gasteiger partial charge is 0.256 e. The van der Waals surface area contributed by atoms with Gasteiger partial charge in [0.05, 0.1) is 0 Å². The molecule has 128 valence electrons. The van der Waals surface area contributed by atoms with Crippen LogP contribution in [0.1, 0.15) is 36.5 Å². The van der Waals surface area contributed by atoms with Crippen molar-refractivity contribution in [3.8, 4) is 0 Å². The Morgan fingerprint density at radius 1 is 1.16 bits per heavy atom. The topological polar surface area (TPSA) is 41.1 Å². The van der Waals surface area contributed by atoms with Gasteiger partial charge in [-0.05, 0) is 65.7 Å². The minimum atomic E-state index is -0.822. The molecule has 25 heavy (non-hydrogen) atoms. The molecule has 1 spiro atoms. The molecular weight excluding hydrogens is 396 g/mol. The molecule has 4 rings (SSSR count). The lowest BCUT2D eigenvalue weighted by Crippen LogP contribution is -2.48. The SMILES string of the molecule is CC1(c2ccccc2)CCc2ccc(Br)cc2C2(C1)NC(=S)NC2=O. The van der Waals surface area contributed by atoms with Crippen molar-refractivity contribution < 1.29 is 4.79 Å². The average molecular weight is 415 g/mol. The highest BCUT2D eigenvalue weighted by molar-refractivity contribution is 9.10. The number of hydrogen-bond acceptors (Lipinski definition) is 2. The van der Waals surface area contributed by atoms with Gasteiger partial charge in [-0.1, -0.05) is 59.3 Å². The van der Waals surface area contributed by atoms with Gasteiger partial charge in [0, 0.05) is 4.47 Å². The summed E-state index contributed by atoms with van der Waals surface area (Å²) >= 11 is 8.86. The summed E-state index contributed by atoms with van der Waals surface area (Å²) in [6, 6.07) is 16.7. The molecule has 2 N–H and O–H groups in total. The fourth-order valence-corrected chi connectivity index (χ4v) is 4.86. The van der Waals surface area contributed by atoms with Gasteiger partial charge in [-0.2, -0.15) is 0 Å². The molecule has 1 heterocycles. The van der Waals surface area contributed by atoms with Crippen LogP contribution in [0.4, 0.5) is 0 Å². The minimum absolute atomic E-state index is 0.0547. The maximum Gasteiger partial charge on any atom is 0.256 e. The van der Waals surface area contributed by atoms with E-state index in [4.69, 9.17) is 12.2 Å². The fraction of sp³-hybridized carbons (Fsp3) is 0.300. The molecule has 3 nitrogen and oxygen atoms in total. The van der Waals surface area contributed by atoms with Gasteiger partial charge in [0.25, 0.3) is 5.91 Å². The zero-order chi connectivity index (χ0) is 17.7. The fourth-order valence-electron chi connectivity index (χ4n) is 4.24. The lowest BCUT2D eigenvalue weighted by molar-refractivity contribution is -0.125. The van der Waals surface area contributed by atoms with E-state index < -0.39 is 5.54 Å². The van der Waals surface area contributed by atoms with E-state index in [9.17, 15) is 4.79 Å². The van der Waals surface area contributed by atoms with Crippen LogP contribution in [-0.2, 0) is 22.2 Å². The maximum atomic E-state index is 13.0. The molecule has 1 aliphatic carbocycles. The van der Waals surface area contributed by atoms with Crippen LogP contribution in [0.15, 0.2) is 53.0 Å². The molecule has 0 bridgehead atoms. The number of halogens is 1. The molecule has 1 fully saturated rings. The highest BCUT2D eigenvalue weighted by Gasteiger charge is 2.52. The van der Waals surface area contributed by atoms with Crippen LogP contribution in [0.5, 0.6) is 0 Å². The summed E-state index contributed by atoms with van der Waals surface area (Å²) in [5.74, 6) is -0.0547. The van der Waals surface area contributed by atoms with E-state index in [-0.39, 0.29) is 11.3 Å². The summed E-state index contributed by atoms with van der Waals surface area (Å²) in [7, 11) is 0. The van der Waals surface area contributed by atoms with Crippen molar-refractivity contribution in [1.82, 2.24) is 10.6 Å². The van der Waals surface area contributed by atoms with Crippen LogP contribution < -0.4 is 10.6 Å². The normalized spacial score (nSPS) is 28.2. The van der Waals surface area contributed by atoms with Gasteiger partial charge in [-0.15, -0.1) is 0 Å². The van der Waals surface area contributed by atoms with Crippen molar-refractivity contribution in [1.29, 1.82) is 0 Å². The highest BCUT2D eigenvalue weighted by Crippen LogP contribution is 2.46. The van der Waals surface area contributed by atoms with Crippen LogP contribution >= 0.6 is 28.1 Å².